The van der Waals surface area contributed by atoms with Gasteiger partial charge in [-0.3, -0.25) is 4.18 Å². The summed E-state index contributed by atoms with van der Waals surface area (Å²) in [6.07, 6.45) is 0. The third-order valence-electron chi connectivity index (χ3n) is 0.199. The fourth-order valence-electron chi connectivity index (χ4n) is 0. The molecule has 0 saturated heterocycles. The zero-order valence-electron chi connectivity index (χ0n) is 3.01. The molecular weight excluding hydrogens is 219 g/mol. The quantitative estimate of drug-likeness (QED) is 0.473. The summed E-state index contributed by atoms with van der Waals surface area (Å²) >= 11 is 1.19. The van der Waals surface area contributed by atoms with Crippen molar-refractivity contribution >= 4 is 28.5 Å². The summed E-state index contributed by atoms with van der Waals surface area (Å²) in [5, 5.41) is 0. The highest BCUT2D eigenvalue weighted by atomic mass is 127. The Balaban J connectivity index is 3.85. The first-order valence-corrected chi connectivity index (χ1v) is 5.01. The summed E-state index contributed by atoms with van der Waals surface area (Å²) < 4.78 is 23.4. The third kappa shape index (κ3) is 4.64. The van der Waals surface area contributed by atoms with Gasteiger partial charge in [-0.25, -0.2) is 0 Å². The van der Waals surface area contributed by atoms with Crippen LogP contribution in [0.2, 0.25) is 0 Å². The van der Waals surface area contributed by atoms with Gasteiger partial charge in [-0.05, 0) is 0 Å². The minimum atomic E-state index is -3.19. The van der Waals surface area contributed by atoms with Gasteiger partial charge in [-0.15, -0.1) is 0 Å². The molecule has 0 rings (SSSR count). The summed E-state index contributed by atoms with van der Waals surface area (Å²) in [5.74, 6) is 0. The van der Waals surface area contributed by atoms with E-state index in [-0.39, 0.29) is 0 Å². The average Bonchev–Trinajstić information content (AvgIpc) is 1.35. The van der Waals surface area contributed by atoms with Crippen LogP contribution in [0.5, 0.6) is 0 Å². The average molecular weight is 222 g/mol. The van der Waals surface area contributed by atoms with Crippen LogP contribution in [-0.4, -0.2) is 15.5 Å². The number of rotatable bonds is 1. The normalized spacial score (nSPS) is 11.7. The van der Waals surface area contributed by atoms with Gasteiger partial charge in [-0.2, -0.15) is 8.42 Å². The van der Waals surface area contributed by atoms with Crippen molar-refractivity contribution in [3.8, 4) is 0 Å². The second-order valence-corrected chi connectivity index (χ2v) is 4.92. The maximum absolute atomic E-state index is 9.76. The molecule has 0 amide bonds. The molecule has 5 heteroatoms. The van der Waals surface area contributed by atoms with Gasteiger partial charge in [0.05, 0.1) is 7.11 Å². The van der Waals surface area contributed by atoms with Crippen LogP contribution in [0, 0.1) is 0 Å². The van der Waals surface area contributed by atoms with Gasteiger partial charge in [-0.1, -0.05) is 0 Å². The van der Waals surface area contributed by atoms with Gasteiger partial charge in [0, 0.05) is 0 Å². The Morgan fingerprint density at radius 3 is 1.83 bits per heavy atom. The first kappa shape index (κ1) is 6.64. The van der Waals surface area contributed by atoms with Crippen molar-refractivity contribution in [3.05, 3.63) is 0 Å². The van der Waals surface area contributed by atoms with Gasteiger partial charge in [0.15, 0.2) is 0 Å². The highest BCUT2D eigenvalue weighted by Crippen LogP contribution is 1.98. The number of hydrogen-bond donors (Lipinski definition) is 0. The molecule has 38 valence electrons. The fourth-order valence-corrected chi connectivity index (χ4v) is 0. The predicted octanol–water partition coefficient (Wildman–Crippen LogP) is 0.313. The second-order valence-electron chi connectivity index (χ2n) is 0.560. The maximum Gasteiger partial charge on any atom is 0.321 e. The summed E-state index contributed by atoms with van der Waals surface area (Å²) in [7, 11) is -2.08. The Morgan fingerprint density at radius 1 is 1.67 bits per heavy atom. The first-order chi connectivity index (χ1) is 2.56. The monoisotopic (exact) mass is 222 g/mol. The van der Waals surface area contributed by atoms with Crippen molar-refractivity contribution < 1.29 is 12.6 Å². The third-order valence-corrected chi connectivity index (χ3v) is 1.68. The molecule has 0 fully saturated rings. The van der Waals surface area contributed by atoms with E-state index in [1.807, 2.05) is 0 Å². The highest BCUT2D eigenvalue weighted by Gasteiger charge is 1.94. The number of halogens is 1. The van der Waals surface area contributed by atoms with E-state index in [1.54, 1.807) is 0 Å². The van der Waals surface area contributed by atoms with E-state index < -0.39 is 7.29 Å². The Bertz CT molecular complexity index is 113. The molecule has 0 aliphatic carbocycles. The minimum Gasteiger partial charge on any atom is -0.266 e. The summed E-state index contributed by atoms with van der Waals surface area (Å²) in [5.41, 5.74) is 0. The zero-order chi connectivity index (χ0) is 5.21. The van der Waals surface area contributed by atoms with Crippen LogP contribution in [0.15, 0.2) is 0 Å². The van der Waals surface area contributed by atoms with Crippen molar-refractivity contribution in [3.63, 3.8) is 0 Å². The molecule has 0 aromatic heterocycles. The van der Waals surface area contributed by atoms with E-state index >= 15 is 0 Å². The summed E-state index contributed by atoms with van der Waals surface area (Å²) in [6, 6.07) is 0. The lowest BCUT2D eigenvalue weighted by Gasteiger charge is -1.81. The summed E-state index contributed by atoms with van der Waals surface area (Å²) in [6.45, 7) is 0. The van der Waals surface area contributed by atoms with Crippen molar-refractivity contribution in [1.82, 2.24) is 0 Å². The molecule has 0 N–H and O–H groups in total. The van der Waals surface area contributed by atoms with Crippen molar-refractivity contribution in [2.75, 3.05) is 7.11 Å². The predicted molar refractivity (Wildman–Crippen MR) is 29.9 cm³/mol. The molecule has 0 aliphatic rings. The lowest BCUT2D eigenvalue weighted by atomic mass is 11.8. The van der Waals surface area contributed by atoms with Crippen LogP contribution in [0.3, 0.4) is 0 Å². The molecule has 0 atom stereocenters. The van der Waals surface area contributed by atoms with Crippen LogP contribution in [0.4, 0.5) is 0 Å². The molecule has 0 aliphatic heterocycles. The SMILES string of the molecule is COS(=O)(=O)I. The van der Waals surface area contributed by atoms with Gasteiger partial charge in [0.2, 0.25) is 0 Å². The van der Waals surface area contributed by atoms with Gasteiger partial charge in [0.1, 0.15) is 21.2 Å². The Kier molecular flexibility index (Phi) is 2.30. The molecular formula is CH3IO3S. The summed E-state index contributed by atoms with van der Waals surface area (Å²) in [4.78, 5) is 0. The fraction of sp³-hybridized carbons (Fsp3) is 1.00. The Labute approximate surface area is 48.4 Å². The molecule has 0 aromatic carbocycles. The van der Waals surface area contributed by atoms with Gasteiger partial charge < -0.3 is 0 Å². The van der Waals surface area contributed by atoms with Crippen molar-refractivity contribution in [2.45, 2.75) is 0 Å². The first-order valence-electron chi connectivity index (χ1n) is 1.06. The second kappa shape index (κ2) is 2.08. The molecule has 0 radical (unpaired) electrons. The van der Waals surface area contributed by atoms with Crippen molar-refractivity contribution in [2.24, 2.45) is 0 Å². The van der Waals surface area contributed by atoms with E-state index in [1.165, 1.54) is 21.2 Å². The van der Waals surface area contributed by atoms with Gasteiger partial charge >= 0.3 is 7.29 Å². The van der Waals surface area contributed by atoms with E-state index in [4.69, 9.17) is 0 Å². The maximum atomic E-state index is 9.76. The van der Waals surface area contributed by atoms with Crippen LogP contribution in [0.1, 0.15) is 0 Å². The standard InChI is InChI=1S/CH3IO3S/c1-5-6(2,3)4/h1H3. The zero-order valence-corrected chi connectivity index (χ0v) is 5.98. The molecule has 6 heavy (non-hydrogen) atoms. The van der Waals surface area contributed by atoms with Crippen LogP contribution in [0.25, 0.3) is 0 Å². The highest BCUT2D eigenvalue weighted by molar-refractivity contribution is 14.2. The van der Waals surface area contributed by atoms with Crippen LogP contribution >= 0.6 is 21.2 Å². The van der Waals surface area contributed by atoms with E-state index in [9.17, 15) is 8.42 Å². The molecule has 0 saturated carbocycles. The molecule has 0 unspecified atom stereocenters. The lowest BCUT2D eigenvalue weighted by molar-refractivity contribution is 0.416. The van der Waals surface area contributed by atoms with Crippen LogP contribution < -0.4 is 0 Å². The number of hydrogen-bond acceptors (Lipinski definition) is 3. The van der Waals surface area contributed by atoms with E-state index in [0.717, 1.165) is 7.11 Å². The van der Waals surface area contributed by atoms with Crippen molar-refractivity contribution in [1.29, 1.82) is 0 Å². The minimum absolute atomic E-state index is 1.11. The van der Waals surface area contributed by atoms with Gasteiger partial charge in [0.25, 0.3) is 0 Å². The largest absolute Gasteiger partial charge is 0.321 e. The van der Waals surface area contributed by atoms with E-state index in [0.29, 0.717) is 0 Å². The Hall–Kier alpha value is 0.640. The molecule has 0 bridgehead atoms. The molecule has 0 heterocycles. The molecule has 0 aromatic rings. The topological polar surface area (TPSA) is 43.4 Å². The van der Waals surface area contributed by atoms with E-state index in [2.05, 4.69) is 4.18 Å². The lowest BCUT2D eigenvalue weighted by Crippen LogP contribution is -1.86. The Morgan fingerprint density at radius 2 is 1.83 bits per heavy atom. The molecule has 0 spiro atoms. The smallest absolute Gasteiger partial charge is 0.266 e. The van der Waals surface area contributed by atoms with Crippen LogP contribution in [-0.2, 0) is 11.5 Å². The molecule has 3 nitrogen and oxygen atoms in total.